The van der Waals surface area contributed by atoms with Crippen molar-refractivity contribution in [3.8, 4) is 0 Å². The molecule has 1 nitrogen and oxygen atoms in total. The SMILES string of the molecule is CC(C)CCC[C@H](C)[C@@H]1CC[C@@H]2[C@@H]3CC[C@H]4CC(=O)[C@H](Br)C[C@]4(C)[C@H]3CC[C@]21C. The molecular formula is C27H45BrO. The molecule has 0 spiro atoms. The summed E-state index contributed by atoms with van der Waals surface area (Å²) < 4.78 is 0. The van der Waals surface area contributed by atoms with Gasteiger partial charge in [0.05, 0.1) is 4.83 Å². The number of ketones is 1. The molecule has 0 saturated heterocycles. The Morgan fingerprint density at radius 1 is 0.966 bits per heavy atom. The summed E-state index contributed by atoms with van der Waals surface area (Å²) in [6, 6.07) is 0. The second-order valence-corrected chi connectivity index (χ2v) is 13.6. The lowest BCUT2D eigenvalue weighted by Crippen LogP contribution is -2.55. The smallest absolute Gasteiger partial charge is 0.146 e. The van der Waals surface area contributed by atoms with Crippen molar-refractivity contribution in [3.05, 3.63) is 0 Å². The predicted molar refractivity (Wildman–Crippen MR) is 126 cm³/mol. The summed E-state index contributed by atoms with van der Waals surface area (Å²) in [6.07, 6.45) is 14.7. The highest BCUT2D eigenvalue weighted by Crippen LogP contribution is 2.68. The Balaban J connectivity index is 1.48. The molecule has 0 bridgehead atoms. The van der Waals surface area contributed by atoms with Crippen molar-refractivity contribution in [1.29, 1.82) is 0 Å². The molecule has 4 saturated carbocycles. The highest BCUT2D eigenvalue weighted by atomic mass is 79.9. The van der Waals surface area contributed by atoms with Gasteiger partial charge in [0.15, 0.2) is 0 Å². The van der Waals surface area contributed by atoms with Crippen molar-refractivity contribution < 1.29 is 4.79 Å². The maximum atomic E-state index is 12.4. The topological polar surface area (TPSA) is 17.1 Å². The zero-order valence-corrected chi connectivity index (χ0v) is 21.3. The Hall–Kier alpha value is 0.150. The fourth-order valence-electron chi connectivity index (χ4n) is 9.08. The van der Waals surface area contributed by atoms with Gasteiger partial charge in [-0.3, -0.25) is 4.79 Å². The van der Waals surface area contributed by atoms with Crippen molar-refractivity contribution in [2.24, 2.45) is 52.3 Å². The number of hydrogen-bond acceptors (Lipinski definition) is 1. The van der Waals surface area contributed by atoms with Crippen molar-refractivity contribution >= 4 is 21.7 Å². The molecule has 0 amide bonds. The van der Waals surface area contributed by atoms with E-state index < -0.39 is 0 Å². The first kappa shape index (κ1) is 22.3. The highest BCUT2D eigenvalue weighted by molar-refractivity contribution is 9.10. The van der Waals surface area contributed by atoms with Crippen LogP contribution in [0.15, 0.2) is 0 Å². The monoisotopic (exact) mass is 464 g/mol. The molecule has 4 fully saturated rings. The summed E-state index contributed by atoms with van der Waals surface area (Å²) in [7, 11) is 0. The average molecular weight is 466 g/mol. The highest BCUT2D eigenvalue weighted by Gasteiger charge is 2.61. The number of alkyl halides is 1. The van der Waals surface area contributed by atoms with Crippen LogP contribution in [0, 0.1) is 52.3 Å². The Kier molecular flexibility index (Phi) is 6.36. The van der Waals surface area contributed by atoms with E-state index in [1.165, 1.54) is 57.8 Å². The fraction of sp³-hybridized carbons (Fsp3) is 0.963. The first-order chi connectivity index (χ1) is 13.7. The largest absolute Gasteiger partial charge is 0.298 e. The van der Waals surface area contributed by atoms with E-state index in [1.807, 2.05) is 0 Å². The third-order valence-electron chi connectivity index (χ3n) is 10.7. The van der Waals surface area contributed by atoms with Gasteiger partial charge < -0.3 is 0 Å². The zero-order chi connectivity index (χ0) is 21.0. The summed E-state index contributed by atoms with van der Waals surface area (Å²) in [4.78, 5) is 12.5. The minimum absolute atomic E-state index is 0.119. The molecule has 0 heterocycles. The molecule has 0 aromatic heterocycles. The van der Waals surface area contributed by atoms with Gasteiger partial charge in [-0.1, -0.05) is 69.8 Å². The molecule has 166 valence electrons. The van der Waals surface area contributed by atoms with Crippen LogP contribution in [0.1, 0.15) is 105 Å². The van der Waals surface area contributed by atoms with E-state index in [9.17, 15) is 4.79 Å². The lowest BCUT2D eigenvalue weighted by atomic mass is 9.44. The number of halogens is 1. The molecule has 2 heteroatoms. The van der Waals surface area contributed by atoms with Gasteiger partial charge in [-0.15, -0.1) is 0 Å². The molecule has 0 unspecified atom stereocenters. The van der Waals surface area contributed by atoms with E-state index in [0.29, 0.717) is 22.5 Å². The maximum absolute atomic E-state index is 12.4. The van der Waals surface area contributed by atoms with Crippen LogP contribution < -0.4 is 0 Å². The quantitative estimate of drug-likeness (QED) is 0.375. The second-order valence-electron chi connectivity index (χ2n) is 12.5. The van der Waals surface area contributed by atoms with Crippen LogP contribution in [0.25, 0.3) is 0 Å². The molecule has 0 aliphatic heterocycles. The van der Waals surface area contributed by atoms with Crippen molar-refractivity contribution in [2.75, 3.05) is 0 Å². The Labute approximate surface area is 188 Å². The van der Waals surface area contributed by atoms with Gasteiger partial charge in [-0.25, -0.2) is 0 Å². The molecule has 9 atom stereocenters. The molecule has 0 radical (unpaired) electrons. The van der Waals surface area contributed by atoms with Gasteiger partial charge in [0.25, 0.3) is 0 Å². The van der Waals surface area contributed by atoms with Crippen molar-refractivity contribution in [3.63, 3.8) is 0 Å². The molecule has 4 aliphatic rings. The van der Waals surface area contributed by atoms with E-state index in [2.05, 4.69) is 50.5 Å². The molecule has 0 aromatic carbocycles. The maximum Gasteiger partial charge on any atom is 0.146 e. The van der Waals surface area contributed by atoms with E-state index in [1.54, 1.807) is 0 Å². The zero-order valence-electron chi connectivity index (χ0n) is 19.7. The fourth-order valence-corrected chi connectivity index (χ4v) is 9.97. The first-order valence-corrected chi connectivity index (χ1v) is 13.7. The summed E-state index contributed by atoms with van der Waals surface area (Å²) in [6.45, 7) is 12.6. The summed E-state index contributed by atoms with van der Waals surface area (Å²) in [5.41, 5.74) is 0.979. The van der Waals surface area contributed by atoms with Crippen LogP contribution in [-0.4, -0.2) is 10.6 Å². The average Bonchev–Trinajstić information content (AvgIpc) is 3.00. The molecule has 0 N–H and O–H groups in total. The summed E-state index contributed by atoms with van der Waals surface area (Å²) >= 11 is 3.75. The number of hydrogen-bond donors (Lipinski definition) is 0. The minimum Gasteiger partial charge on any atom is -0.298 e. The van der Waals surface area contributed by atoms with E-state index in [4.69, 9.17) is 0 Å². The number of Topliss-reactive ketones (excluding diaryl/α,β-unsaturated/α-hetero) is 1. The lowest BCUT2D eigenvalue weighted by Gasteiger charge is -2.61. The Morgan fingerprint density at radius 3 is 2.41 bits per heavy atom. The van der Waals surface area contributed by atoms with E-state index in [-0.39, 0.29) is 4.83 Å². The van der Waals surface area contributed by atoms with Gasteiger partial charge in [-0.2, -0.15) is 0 Å². The number of carbonyl (C=O) groups excluding carboxylic acids is 1. The second kappa shape index (κ2) is 8.25. The van der Waals surface area contributed by atoms with Crippen LogP contribution in [0.3, 0.4) is 0 Å². The van der Waals surface area contributed by atoms with Gasteiger partial charge in [0.2, 0.25) is 0 Å². The van der Waals surface area contributed by atoms with Gasteiger partial charge in [0, 0.05) is 6.42 Å². The molecule has 4 aliphatic carbocycles. The van der Waals surface area contributed by atoms with Crippen LogP contribution in [0.4, 0.5) is 0 Å². The minimum atomic E-state index is 0.119. The van der Waals surface area contributed by atoms with Crippen LogP contribution in [0.5, 0.6) is 0 Å². The first-order valence-electron chi connectivity index (χ1n) is 12.8. The molecule has 4 rings (SSSR count). The molecule has 29 heavy (non-hydrogen) atoms. The lowest BCUT2D eigenvalue weighted by molar-refractivity contribution is -0.139. The normalized spacial score (nSPS) is 48.2. The van der Waals surface area contributed by atoms with E-state index >= 15 is 0 Å². The number of carbonyl (C=O) groups is 1. The van der Waals surface area contributed by atoms with Crippen LogP contribution in [-0.2, 0) is 4.79 Å². The van der Waals surface area contributed by atoms with Crippen molar-refractivity contribution in [1.82, 2.24) is 0 Å². The van der Waals surface area contributed by atoms with Crippen LogP contribution in [0.2, 0.25) is 0 Å². The summed E-state index contributed by atoms with van der Waals surface area (Å²) in [5, 5.41) is 0. The van der Waals surface area contributed by atoms with Gasteiger partial charge in [0.1, 0.15) is 5.78 Å². The number of fused-ring (bicyclic) bond motifs is 5. The Bertz CT molecular complexity index is 614. The molecular weight excluding hydrogens is 420 g/mol. The van der Waals surface area contributed by atoms with Gasteiger partial charge >= 0.3 is 0 Å². The summed E-state index contributed by atoms with van der Waals surface area (Å²) in [5.74, 6) is 6.56. The van der Waals surface area contributed by atoms with Crippen LogP contribution >= 0.6 is 15.9 Å². The van der Waals surface area contributed by atoms with E-state index in [0.717, 1.165) is 48.3 Å². The predicted octanol–water partition coefficient (Wildman–Crippen LogP) is 8.05. The standard InChI is InChI=1S/C27H45BrO/c1-17(2)7-6-8-18(3)21-11-12-22-20-10-9-19-15-25(29)24(28)16-27(19,5)23(20)13-14-26(21,22)4/h17-24H,6-16H2,1-5H3/t18-,19-,20-,21-,22+,23-,24+,26-,27-/m0/s1. The Morgan fingerprint density at radius 2 is 1.69 bits per heavy atom. The van der Waals surface area contributed by atoms with Gasteiger partial charge in [-0.05, 0) is 97.2 Å². The molecule has 0 aromatic rings. The van der Waals surface area contributed by atoms with Crippen molar-refractivity contribution in [2.45, 2.75) is 110 Å². The third kappa shape index (κ3) is 3.80. The number of rotatable bonds is 5. The third-order valence-corrected chi connectivity index (χ3v) is 11.5.